The number of carbonyl (C=O) groups excluding carboxylic acids is 2. The number of benzene rings is 1. The Morgan fingerprint density at radius 3 is 2.62 bits per heavy atom. The first-order chi connectivity index (χ1) is 12.6. The maximum Gasteiger partial charge on any atom is 0.305 e. The van der Waals surface area contributed by atoms with Gasteiger partial charge in [-0.2, -0.15) is 0 Å². The van der Waals surface area contributed by atoms with Crippen molar-refractivity contribution < 1.29 is 18.7 Å². The van der Waals surface area contributed by atoms with E-state index in [1.165, 1.54) is 37.2 Å². The molecular weight excluding hydrogens is 357 g/mol. The molecule has 0 saturated heterocycles. The number of aromatic nitrogens is 2. The van der Waals surface area contributed by atoms with Crippen molar-refractivity contribution >= 4 is 23.6 Å². The maximum absolute atomic E-state index is 13.2. The van der Waals surface area contributed by atoms with E-state index in [0.29, 0.717) is 29.5 Å². The van der Waals surface area contributed by atoms with Crippen LogP contribution in [0.4, 0.5) is 4.39 Å². The number of hydrogen-bond acceptors (Lipinski definition) is 5. The van der Waals surface area contributed by atoms with E-state index in [1.807, 2.05) is 6.26 Å². The van der Waals surface area contributed by atoms with E-state index in [0.717, 1.165) is 19.3 Å². The highest BCUT2D eigenvalue weighted by Crippen LogP contribution is 2.22. The highest BCUT2D eigenvalue weighted by Gasteiger charge is 2.17. The largest absolute Gasteiger partial charge is 0.469 e. The van der Waals surface area contributed by atoms with Gasteiger partial charge in [0.15, 0.2) is 5.16 Å². The van der Waals surface area contributed by atoms with Crippen molar-refractivity contribution in [3.05, 3.63) is 42.0 Å². The van der Waals surface area contributed by atoms with Crippen LogP contribution in [0.2, 0.25) is 0 Å². The highest BCUT2D eigenvalue weighted by molar-refractivity contribution is 7.98. The summed E-state index contributed by atoms with van der Waals surface area (Å²) in [4.78, 5) is 27.8. The van der Waals surface area contributed by atoms with Crippen LogP contribution in [0, 0.1) is 5.82 Å². The van der Waals surface area contributed by atoms with Crippen LogP contribution in [0.25, 0.3) is 5.69 Å². The Morgan fingerprint density at radius 1 is 1.23 bits per heavy atom. The molecule has 1 amide bonds. The van der Waals surface area contributed by atoms with Gasteiger partial charge in [-0.05, 0) is 43.4 Å². The molecule has 0 unspecified atom stereocenters. The second-order valence-electron chi connectivity index (χ2n) is 5.58. The van der Waals surface area contributed by atoms with E-state index in [1.54, 1.807) is 16.7 Å². The Bertz CT molecular complexity index is 747. The van der Waals surface area contributed by atoms with Crippen molar-refractivity contribution in [2.75, 3.05) is 19.9 Å². The first kappa shape index (κ1) is 20.0. The highest BCUT2D eigenvalue weighted by atomic mass is 32.2. The van der Waals surface area contributed by atoms with E-state index in [2.05, 4.69) is 15.0 Å². The topological polar surface area (TPSA) is 73.2 Å². The van der Waals surface area contributed by atoms with Gasteiger partial charge < -0.3 is 10.1 Å². The molecule has 2 rings (SSSR count). The van der Waals surface area contributed by atoms with Crippen LogP contribution >= 0.6 is 11.8 Å². The molecular formula is C18H22FN3O3S. The first-order valence-corrected chi connectivity index (χ1v) is 9.52. The van der Waals surface area contributed by atoms with Gasteiger partial charge in [-0.25, -0.2) is 9.37 Å². The molecule has 1 N–H and O–H groups in total. The second kappa shape index (κ2) is 9.96. The number of hydrogen-bond donors (Lipinski definition) is 1. The van der Waals surface area contributed by atoms with E-state index in [9.17, 15) is 14.0 Å². The van der Waals surface area contributed by atoms with Crippen LogP contribution in [0.5, 0.6) is 0 Å². The van der Waals surface area contributed by atoms with Gasteiger partial charge in [-0.15, -0.1) is 0 Å². The van der Waals surface area contributed by atoms with Crippen LogP contribution in [0.1, 0.15) is 36.2 Å². The Kier molecular flexibility index (Phi) is 7.65. The molecule has 1 aromatic heterocycles. The summed E-state index contributed by atoms with van der Waals surface area (Å²) in [7, 11) is 1.37. The van der Waals surface area contributed by atoms with Gasteiger partial charge in [0.2, 0.25) is 0 Å². The molecule has 0 fully saturated rings. The smallest absolute Gasteiger partial charge is 0.305 e. The van der Waals surface area contributed by atoms with Gasteiger partial charge in [0.05, 0.1) is 13.3 Å². The minimum atomic E-state index is -0.336. The number of halogens is 1. The molecule has 1 aromatic carbocycles. The summed E-state index contributed by atoms with van der Waals surface area (Å²) in [6, 6.07) is 5.92. The summed E-state index contributed by atoms with van der Waals surface area (Å²) >= 11 is 1.41. The molecule has 0 radical (unpaired) electrons. The number of ether oxygens (including phenoxy) is 1. The number of thioether (sulfide) groups is 1. The minimum Gasteiger partial charge on any atom is -0.469 e. The van der Waals surface area contributed by atoms with Gasteiger partial charge in [-0.1, -0.05) is 18.2 Å². The van der Waals surface area contributed by atoms with Crippen molar-refractivity contribution in [1.29, 1.82) is 0 Å². The van der Waals surface area contributed by atoms with Gasteiger partial charge in [0.1, 0.15) is 11.5 Å². The molecule has 0 aliphatic rings. The van der Waals surface area contributed by atoms with Crippen LogP contribution in [0.15, 0.2) is 35.6 Å². The summed E-state index contributed by atoms with van der Waals surface area (Å²) in [5.74, 6) is -0.797. The van der Waals surface area contributed by atoms with E-state index >= 15 is 0 Å². The third-order valence-electron chi connectivity index (χ3n) is 3.80. The summed E-state index contributed by atoms with van der Waals surface area (Å²) < 4.78 is 19.5. The Labute approximate surface area is 156 Å². The van der Waals surface area contributed by atoms with Crippen LogP contribution in [0.3, 0.4) is 0 Å². The lowest BCUT2D eigenvalue weighted by molar-refractivity contribution is -0.140. The van der Waals surface area contributed by atoms with Crippen molar-refractivity contribution in [3.8, 4) is 5.69 Å². The number of amides is 1. The Balaban J connectivity index is 1.96. The lowest BCUT2D eigenvalue weighted by Crippen LogP contribution is -2.26. The Hall–Kier alpha value is -2.35. The average molecular weight is 379 g/mol. The van der Waals surface area contributed by atoms with E-state index in [4.69, 9.17) is 0 Å². The lowest BCUT2D eigenvalue weighted by atomic mass is 10.2. The van der Waals surface area contributed by atoms with Crippen LogP contribution < -0.4 is 5.32 Å². The van der Waals surface area contributed by atoms with Crippen molar-refractivity contribution in [3.63, 3.8) is 0 Å². The number of carbonyl (C=O) groups is 2. The van der Waals surface area contributed by atoms with Crippen LogP contribution in [-0.2, 0) is 9.53 Å². The fourth-order valence-corrected chi connectivity index (χ4v) is 2.99. The van der Waals surface area contributed by atoms with Crippen LogP contribution in [-0.4, -0.2) is 41.3 Å². The molecule has 0 spiro atoms. The molecule has 0 bridgehead atoms. The zero-order valence-electron chi connectivity index (χ0n) is 14.8. The standard InChI is InChI=1S/C18H22FN3O3S/c1-25-16(23)6-4-3-5-11-20-17(24)15-12-21-18(26-2)22(15)14-9-7-13(19)8-10-14/h7-10,12H,3-6,11H2,1-2H3,(H,20,24). The average Bonchev–Trinajstić information content (AvgIpc) is 3.08. The third kappa shape index (κ3) is 5.32. The number of nitrogens with one attached hydrogen (secondary N) is 1. The van der Waals surface area contributed by atoms with Crippen molar-refractivity contribution in [2.24, 2.45) is 0 Å². The van der Waals surface area contributed by atoms with E-state index < -0.39 is 0 Å². The molecule has 6 nitrogen and oxygen atoms in total. The molecule has 0 saturated carbocycles. The molecule has 2 aromatic rings. The number of unbranched alkanes of at least 4 members (excludes halogenated alkanes) is 2. The summed E-state index contributed by atoms with van der Waals surface area (Å²) in [6.07, 6.45) is 6.09. The summed E-state index contributed by atoms with van der Waals surface area (Å²) in [6.45, 7) is 0.503. The maximum atomic E-state index is 13.2. The monoisotopic (exact) mass is 379 g/mol. The summed E-state index contributed by atoms with van der Waals surface area (Å²) in [5, 5.41) is 3.51. The number of rotatable bonds is 9. The molecule has 8 heteroatoms. The molecule has 26 heavy (non-hydrogen) atoms. The molecule has 0 aliphatic carbocycles. The number of esters is 1. The number of methoxy groups -OCH3 is 1. The summed E-state index contributed by atoms with van der Waals surface area (Å²) in [5.41, 5.74) is 1.08. The van der Waals surface area contributed by atoms with Gasteiger partial charge >= 0.3 is 5.97 Å². The first-order valence-electron chi connectivity index (χ1n) is 8.29. The minimum absolute atomic E-state index is 0.221. The second-order valence-corrected chi connectivity index (χ2v) is 6.36. The molecule has 1 heterocycles. The fourth-order valence-electron chi connectivity index (χ4n) is 2.44. The molecule has 0 atom stereocenters. The zero-order valence-corrected chi connectivity index (χ0v) is 15.6. The van der Waals surface area contributed by atoms with Gasteiger partial charge in [-0.3, -0.25) is 14.2 Å². The predicted molar refractivity (Wildman–Crippen MR) is 98.1 cm³/mol. The number of nitrogens with zero attached hydrogens (tertiary/aromatic N) is 2. The Morgan fingerprint density at radius 2 is 1.96 bits per heavy atom. The SMILES string of the molecule is COC(=O)CCCCCNC(=O)c1cnc(SC)n1-c1ccc(F)cc1. The fraction of sp³-hybridized carbons (Fsp3) is 0.389. The van der Waals surface area contributed by atoms with E-state index in [-0.39, 0.29) is 17.7 Å². The number of imidazole rings is 1. The molecule has 140 valence electrons. The van der Waals surface area contributed by atoms with Crippen molar-refractivity contribution in [1.82, 2.24) is 14.9 Å². The van der Waals surface area contributed by atoms with Gasteiger partial charge in [0.25, 0.3) is 5.91 Å². The quantitative estimate of drug-likeness (QED) is 0.411. The predicted octanol–water partition coefficient (Wildman–Crippen LogP) is 3.20. The third-order valence-corrected chi connectivity index (χ3v) is 4.45. The zero-order chi connectivity index (χ0) is 18.9. The normalized spacial score (nSPS) is 10.6. The van der Waals surface area contributed by atoms with Gasteiger partial charge in [0, 0.05) is 18.7 Å². The molecule has 0 aliphatic heterocycles. The lowest BCUT2D eigenvalue weighted by Gasteiger charge is -2.11. The van der Waals surface area contributed by atoms with Crippen molar-refractivity contribution in [2.45, 2.75) is 30.8 Å².